The molecule has 1 heterocycles. The molecule has 3 aromatic carbocycles. The van der Waals surface area contributed by atoms with Crippen LogP contribution in [0.15, 0.2) is 54.6 Å². The number of fused-ring (bicyclic) bond motifs is 1. The molecule has 0 spiro atoms. The molecule has 0 aliphatic carbocycles. The number of thiazole rings is 1. The molecule has 7 heteroatoms. The van der Waals surface area contributed by atoms with Crippen LogP contribution in [0.25, 0.3) is 21.3 Å². The first kappa shape index (κ1) is 23.2. The van der Waals surface area contributed by atoms with Gasteiger partial charge < -0.3 is 10.5 Å². The van der Waals surface area contributed by atoms with Crippen molar-refractivity contribution in [1.82, 2.24) is 4.98 Å². The zero-order chi connectivity index (χ0) is 23.8. The van der Waals surface area contributed by atoms with Crippen LogP contribution < -0.4 is 5.73 Å². The number of hydrogen-bond acceptors (Lipinski definition) is 5. The second-order valence-corrected chi connectivity index (χ2v) is 10.4. The third kappa shape index (κ3) is 5.52. The lowest BCUT2D eigenvalue weighted by atomic mass is 9.97. The number of nitrogens with two attached hydrogens (primary N) is 1. The minimum Gasteiger partial charge on any atom is -0.460 e. The van der Waals surface area contributed by atoms with Crippen molar-refractivity contribution in [2.45, 2.75) is 39.2 Å². The molecule has 0 amide bonds. The molecule has 4 nitrogen and oxygen atoms in total. The van der Waals surface area contributed by atoms with Crippen molar-refractivity contribution in [3.05, 3.63) is 81.6 Å². The van der Waals surface area contributed by atoms with Crippen LogP contribution in [0.5, 0.6) is 0 Å². The van der Waals surface area contributed by atoms with Crippen LogP contribution in [0.3, 0.4) is 0 Å². The van der Waals surface area contributed by atoms with Gasteiger partial charge in [-0.05, 0) is 67.8 Å². The first-order chi connectivity index (χ1) is 15.6. The van der Waals surface area contributed by atoms with Gasteiger partial charge in [0.25, 0.3) is 0 Å². The Kier molecular flexibility index (Phi) is 6.41. The largest absolute Gasteiger partial charge is 0.460 e. The maximum atomic E-state index is 15.9. The summed E-state index contributed by atoms with van der Waals surface area (Å²) in [5, 5.41) is 1.08. The summed E-state index contributed by atoms with van der Waals surface area (Å²) in [6.45, 7) is 5.46. The fourth-order valence-electron chi connectivity index (χ4n) is 3.61. The van der Waals surface area contributed by atoms with Crippen molar-refractivity contribution in [3.8, 4) is 11.1 Å². The number of esters is 1. The van der Waals surface area contributed by atoms with Gasteiger partial charge in [0.05, 0.1) is 16.6 Å². The lowest BCUT2D eigenvalue weighted by molar-refractivity contribution is -0.153. The minimum absolute atomic E-state index is 0.0283. The molecule has 0 saturated heterocycles. The Morgan fingerprint density at radius 1 is 1.15 bits per heavy atom. The highest BCUT2D eigenvalue weighted by molar-refractivity contribution is 7.18. The van der Waals surface area contributed by atoms with Gasteiger partial charge in [0.1, 0.15) is 16.4 Å². The van der Waals surface area contributed by atoms with Crippen molar-refractivity contribution in [1.29, 1.82) is 0 Å². The number of anilines is 1. The van der Waals surface area contributed by atoms with Crippen LogP contribution in [-0.2, 0) is 22.4 Å². The number of carbonyl (C=O) groups is 1. The molecule has 0 aliphatic heterocycles. The SMILES string of the molecule is CC(C)(C)OC(=O)Cc1nc2c(-c3cccc(Cl)c3)c(F)c(Cc3ccc(N)cc3)cc2s1. The van der Waals surface area contributed by atoms with E-state index < -0.39 is 5.60 Å². The molecule has 4 rings (SSSR count). The summed E-state index contributed by atoms with van der Waals surface area (Å²) >= 11 is 7.57. The van der Waals surface area contributed by atoms with E-state index in [-0.39, 0.29) is 18.2 Å². The summed E-state index contributed by atoms with van der Waals surface area (Å²) in [4.78, 5) is 17.0. The minimum atomic E-state index is -0.585. The van der Waals surface area contributed by atoms with Gasteiger partial charge in [0.15, 0.2) is 0 Å². The predicted molar refractivity (Wildman–Crippen MR) is 133 cm³/mol. The van der Waals surface area contributed by atoms with Gasteiger partial charge in [0, 0.05) is 22.7 Å². The van der Waals surface area contributed by atoms with Gasteiger partial charge in [-0.25, -0.2) is 9.37 Å². The van der Waals surface area contributed by atoms with E-state index in [1.54, 1.807) is 30.3 Å². The molecule has 0 saturated carbocycles. The fraction of sp³-hybridized carbons (Fsp3) is 0.231. The Morgan fingerprint density at radius 2 is 1.88 bits per heavy atom. The smallest absolute Gasteiger partial charge is 0.313 e. The van der Waals surface area contributed by atoms with Gasteiger partial charge in [-0.3, -0.25) is 4.79 Å². The van der Waals surface area contributed by atoms with Gasteiger partial charge in [-0.2, -0.15) is 0 Å². The number of nitrogen functional groups attached to an aromatic ring is 1. The maximum Gasteiger partial charge on any atom is 0.313 e. The zero-order valence-electron chi connectivity index (χ0n) is 18.6. The number of benzene rings is 3. The second-order valence-electron chi connectivity index (χ2n) is 8.87. The van der Waals surface area contributed by atoms with E-state index in [1.165, 1.54) is 11.3 Å². The van der Waals surface area contributed by atoms with Crippen molar-refractivity contribution in [2.75, 3.05) is 5.73 Å². The first-order valence-electron chi connectivity index (χ1n) is 10.5. The monoisotopic (exact) mass is 482 g/mol. The average Bonchev–Trinajstić information content (AvgIpc) is 3.10. The summed E-state index contributed by atoms with van der Waals surface area (Å²) in [5.74, 6) is -0.718. The quantitative estimate of drug-likeness (QED) is 0.250. The van der Waals surface area contributed by atoms with E-state index >= 15 is 4.39 Å². The first-order valence-corrected chi connectivity index (χ1v) is 11.7. The van der Waals surface area contributed by atoms with Crippen molar-refractivity contribution in [2.24, 2.45) is 0 Å². The Bertz CT molecular complexity index is 1330. The maximum absolute atomic E-state index is 15.9. The van der Waals surface area contributed by atoms with Gasteiger partial charge in [-0.1, -0.05) is 35.9 Å². The molecule has 0 radical (unpaired) electrons. The van der Waals surface area contributed by atoms with Crippen LogP contribution in [-0.4, -0.2) is 16.6 Å². The molecule has 2 N–H and O–H groups in total. The predicted octanol–water partition coefficient (Wildman–Crippen LogP) is 6.81. The number of hydrogen-bond donors (Lipinski definition) is 1. The normalized spacial score (nSPS) is 11.7. The van der Waals surface area contributed by atoms with Crippen LogP contribution in [0.1, 0.15) is 36.9 Å². The molecule has 0 unspecified atom stereocenters. The van der Waals surface area contributed by atoms with Crippen LogP contribution in [0.4, 0.5) is 10.1 Å². The third-order valence-corrected chi connectivity index (χ3v) is 6.18. The van der Waals surface area contributed by atoms with Gasteiger partial charge in [0.2, 0.25) is 0 Å². The third-order valence-electron chi connectivity index (χ3n) is 4.94. The number of ether oxygens (including phenoxy) is 1. The van der Waals surface area contributed by atoms with Crippen LogP contribution >= 0.6 is 22.9 Å². The molecule has 4 aromatic rings. The molecule has 0 aliphatic rings. The summed E-state index contributed by atoms with van der Waals surface area (Å²) in [6, 6.07) is 16.2. The van der Waals surface area contributed by atoms with E-state index in [9.17, 15) is 4.79 Å². The van der Waals surface area contributed by atoms with E-state index in [0.29, 0.717) is 44.3 Å². The van der Waals surface area contributed by atoms with Crippen molar-refractivity contribution < 1.29 is 13.9 Å². The number of nitrogens with zero attached hydrogens (tertiary/aromatic N) is 1. The van der Waals surface area contributed by atoms with Gasteiger partial charge >= 0.3 is 5.97 Å². The fourth-order valence-corrected chi connectivity index (χ4v) is 4.83. The highest BCUT2D eigenvalue weighted by Crippen LogP contribution is 2.37. The summed E-state index contributed by atoms with van der Waals surface area (Å²) < 4.78 is 22.1. The van der Waals surface area contributed by atoms with Crippen LogP contribution in [0, 0.1) is 5.82 Å². The van der Waals surface area contributed by atoms with Crippen molar-refractivity contribution >= 4 is 44.8 Å². The summed E-state index contributed by atoms with van der Waals surface area (Å²) in [5.41, 5.74) is 8.87. The molecular formula is C26H24ClFN2O2S. The Labute approximate surface area is 201 Å². The summed E-state index contributed by atoms with van der Waals surface area (Å²) in [7, 11) is 0. The second kappa shape index (κ2) is 9.12. The molecule has 0 fully saturated rings. The van der Waals surface area contributed by atoms with Gasteiger partial charge in [-0.15, -0.1) is 11.3 Å². The Morgan fingerprint density at radius 3 is 2.55 bits per heavy atom. The molecule has 170 valence electrons. The molecule has 33 heavy (non-hydrogen) atoms. The van der Waals surface area contributed by atoms with Crippen molar-refractivity contribution in [3.63, 3.8) is 0 Å². The standard InChI is InChI=1S/C26H24ClFN2O2S/c1-26(2,3)32-22(31)14-21-30-25-20(33-21)13-17(11-15-7-9-19(29)10-8-15)24(28)23(25)16-5-4-6-18(27)12-16/h4-10,12-13H,11,14,29H2,1-3H3. The Balaban J connectivity index is 1.81. The summed E-state index contributed by atoms with van der Waals surface area (Å²) in [6.07, 6.45) is 0.426. The lowest BCUT2D eigenvalue weighted by Gasteiger charge is -2.18. The topological polar surface area (TPSA) is 65.2 Å². The molecular weight excluding hydrogens is 459 g/mol. The molecule has 0 atom stereocenters. The Hall–Kier alpha value is -2.96. The number of carbonyl (C=O) groups excluding carboxylic acids is 1. The number of halogens is 2. The van der Waals surface area contributed by atoms with E-state index in [2.05, 4.69) is 4.98 Å². The molecule has 0 bridgehead atoms. The van der Waals surface area contributed by atoms with E-state index in [4.69, 9.17) is 22.1 Å². The lowest BCUT2D eigenvalue weighted by Crippen LogP contribution is -2.24. The number of aromatic nitrogens is 1. The van der Waals surface area contributed by atoms with E-state index in [1.807, 2.05) is 45.0 Å². The highest BCUT2D eigenvalue weighted by atomic mass is 35.5. The van der Waals surface area contributed by atoms with E-state index in [0.717, 1.165) is 10.3 Å². The molecule has 1 aromatic heterocycles. The highest BCUT2D eigenvalue weighted by Gasteiger charge is 2.22. The average molecular weight is 483 g/mol. The number of rotatable bonds is 5. The zero-order valence-corrected chi connectivity index (χ0v) is 20.2. The van der Waals surface area contributed by atoms with Crippen LogP contribution in [0.2, 0.25) is 5.02 Å².